The molecule has 0 aliphatic carbocycles. The fourth-order valence-electron chi connectivity index (χ4n) is 1.74. The van der Waals surface area contributed by atoms with Crippen molar-refractivity contribution in [1.29, 1.82) is 0 Å². The molecular weight excluding hydrogens is 294 g/mol. The van der Waals surface area contributed by atoms with Gasteiger partial charge in [-0.25, -0.2) is 13.1 Å². The Bertz CT molecular complexity index is 571. The summed E-state index contributed by atoms with van der Waals surface area (Å²) in [4.78, 5) is 2.21. The number of benzene rings is 1. The first-order valence-corrected chi connectivity index (χ1v) is 8.19. The van der Waals surface area contributed by atoms with Crippen LogP contribution in [0.2, 0.25) is 0 Å². The van der Waals surface area contributed by atoms with Crippen molar-refractivity contribution >= 4 is 27.2 Å². The summed E-state index contributed by atoms with van der Waals surface area (Å²) >= 11 is 4.90. The minimum atomic E-state index is -3.62. The van der Waals surface area contributed by atoms with Crippen LogP contribution in [-0.4, -0.2) is 45.0 Å². The largest absolute Gasteiger partial charge is 0.389 e. The summed E-state index contributed by atoms with van der Waals surface area (Å²) in [5.41, 5.74) is 5.94. The van der Waals surface area contributed by atoms with Crippen LogP contribution in [0.15, 0.2) is 29.2 Å². The molecule has 0 heterocycles. The van der Waals surface area contributed by atoms with Gasteiger partial charge in [0.05, 0.1) is 4.90 Å². The molecule has 0 aliphatic heterocycles. The molecule has 112 valence electrons. The van der Waals surface area contributed by atoms with Crippen molar-refractivity contribution in [1.82, 2.24) is 9.62 Å². The van der Waals surface area contributed by atoms with Crippen molar-refractivity contribution in [3.8, 4) is 0 Å². The molecule has 0 spiro atoms. The molecule has 0 bridgehead atoms. The first-order valence-electron chi connectivity index (χ1n) is 6.30. The van der Waals surface area contributed by atoms with Gasteiger partial charge in [-0.05, 0) is 40.1 Å². The van der Waals surface area contributed by atoms with Crippen LogP contribution in [0.4, 0.5) is 0 Å². The SMILES string of the molecule is CC(CCN(C)C)NS(=O)(=O)c1ccccc1C(N)=S. The van der Waals surface area contributed by atoms with Crippen molar-refractivity contribution in [3.63, 3.8) is 0 Å². The van der Waals surface area contributed by atoms with Gasteiger partial charge >= 0.3 is 0 Å². The van der Waals surface area contributed by atoms with E-state index in [-0.39, 0.29) is 15.9 Å². The zero-order chi connectivity index (χ0) is 15.3. The van der Waals surface area contributed by atoms with E-state index >= 15 is 0 Å². The molecule has 0 aromatic heterocycles. The first-order chi connectivity index (χ1) is 9.24. The zero-order valence-electron chi connectivity index (χ0n) is 12.0. The van der Waals surface area contributed by atoms with Gasteiger partial charge in [-0.15, -0.1) is 0 Å². The molecule has 0 saturated heterocycles. The molecule has 0 amide bonds. The third-order valence-electron chi connectivity index (χ3n) is 2.81. The Morgan fingerprint density at radius 2 is 2.00 bits per heavy atom. The lowest BCUT2D eigenvalue weighted by Gasteiger charge is -2.18. The molecule has 1 aromatic carbocycles. The molecule has 1 aromatic rings. The molecule has 1 atom stereocenters. The summed E-state index contributed by atoms with van der Waals surface area (Å²) in [5, 5.41) is 0. The molecule has 7 heteroatoms. The smallest absolute Gasteiger partial charge is 0.241 e. The molecular formula is C13H21N3O2S2. The van der Waals surface area contributed by atoms with E-state index < -0.39 is 10.0 Å². The maximum Gasteiger partial charge on any atom is 0.241 e. The molecule has 1 unspecified atom stereocenters. The Kier molecular flexibility index (Phi) is 6.07. The first kappa shape index (κ1) is 17.0. The summed E-state index contributed by atoms with van der Waals surface area (Å²) in [6.45, 7) is 2.64. The van der Waals surface area contributed by atoms with Crippen LogP contribution >= 0.6 is 12.2 Å². The second-order valence-electron chi connectivity index (χ2n) is 4.97. The minimum absolute atomic E-state index is 0.0759. The number of nitrogens with zero attached hydrogens (tertiary/aromatic N) is 1. The Hall–Kier alpha value is -1.02. The van der Waals surface area contributed by atoms with E-state index in [0.29, 0.717) is 5.56 Å². The van der Waals surface area contributed by atoms with E-state index in [1.54, 1.807) is 18.2 Å². The van der Waals surface area contributed by atoms with Crippen LogP contribution < -0.4 is 10.5 Å². The summed E-state index contributed by atoms with van der Waals surface area (Å²) in [6, 6.07) is 6.32. The van der Waals surface area contributed by atoms with Crippen LogP contribution in [0.3, 0.4) is 0 Å². The van der Waals surface area contributed by atoms with Crippen LogP contribution in [0.1, 0.15) is 18.9 Å². The third-order valence-corrected chi connectivity index (χ3v) is 4.68. The van der Waals surface area contributed by atoms with Crippen molar-refractivity contribution in [3.05, 3.63) is 29.8 Å². The Balaban J connectivity index is 2.92. The van der Waals surface area contributed by atoms with E-state index in [1.165, 1.54) is 6.07 Å². The van der Waals surface area contributed by atoms with Crippen LogP contribution in [0, 0.1) is 0 Å². The van der Waals surface area contributed by atoms with Crippen molar-refractivity contribution in [2.45, 2.75) is 24.3 Å². The molecule has 0 saturated carbocycles. The zero-order valence-corrected chi connectivity index (χ0v) is 13.6. The third kappa shape index (κ3) is 4.82. The van der Waals surface area contributed by atoms with E-state index in [4.69, 9.17) is 18.0 Å². The molecule has 20 heavy (non-hydrogen) atoms. The number of rotatable bonds is 7. The van der Waals surface area contributed by atoms with Crippen molar-refractivity contribution in [2.75, 3.05) is 20.6 Å². The van der Waals surface area contributed by atoms with E-state index in [2.05, 4.69) is 4.72 Å². The van der Waals surface area contributed by atoms with Gasteiger partial charge in [0.1, 0.15) is 4.99 Å². The molecule has 0 aliphatic rings. The standard InChI is InChI=1S/C13H21N3O2S2/c1-10(8-9-16(2)3)15-20(17,18)12-7-5-4-6-11(12)13(14)19/h4-7,10,15H,8-9H2,1-3H3,(H2,14,19). The normalized spacial score (nSPS) is 13.4. The van der Waals surface area contributed by atoms with Gasteiger partial charge in [0.15, 0.2) is 0 Å². The highest BCUT2D eigenvalue weighted by Gasteiger charge is 2.21. The lowest BCUT2D eigenvalue weighted by Crippen LogP contribution is -2.35. The Morgan fingerprint density at radius 1 is 1.40 bits per heavy atom. The maximum atomic E-state index is 12.4. The van der Waals surface area contributed by atoms with Gasteiger partial charge in [0, 0.05) is 11.6 Å². The summed E-state index contributed by atoms with van der Waals surface area (Å²) < 4.78 is 27.4. The van der Waals surface area contributed by atoms with E-state index in [1.807, 2.05) is 25.9 Å². The van der Waals surface area contributed by atoms with E-state index in [9.17, 15) is 8.42 Å². The highest BCUT2D eigenvalue weighted by atomic mass is 32.2. The van der Waals surface area contributed by atoms with Gasteiger partial charge in [-0.1, -0.05) is 30.4 Å². The second-order valence-corrected chi connectivity index (χ2v) is 7.10. The molecule has 0 fully saturated rings. The topological polar surface area (TPSA) is 75.4 Å². The Morgan fingerprint density at radius 3 is 2.55 bits per heavy atom. The number of thiocarbonyl (C=S) groups is 1. The number of nitrogens with two attached hydrogens (primary N) is 1. The van der Waals surface area contributed by atoms with Gasteiger partial charge in [-0.2, -0.15) is 0 Å². The quantitative estimate of drug-likeness (QED) is 0.733. The van der Waals surface area contributed by atoms with Gasteiger partial charge in [0.2, 0.25) is 10.0 Å². The van der Waals surface area contributed by atoms with Crippen molar-refractivity contribution in [2.24, 2.45) is 5.73 Å². The van der Waals surface area contributed by atoms with Gasteiger partial charge < -0.3 is 10.6 Å². The predicted octanol–water partition coefficient (Wildman–Crippen LogP) is 0.939. The predicted molar refractivity (Wildman–Crippen MR) is 85.3 cm³/mol. The monoisotopic (exact) mass is 315 g/mol. The second kappa shape index (κ2) is 7.12. The van der Waals surface area contributed by atoms with Gasteiger partial charge in [-0.3, -0.25) is 0 Å². The summed E-state index contributed by atoms with van der Waals surface area (Å²) in [7, 11) is 0.276. The van der Waals surface area contributed by atoms with E-state index in [0.717, 1.165) is 13.0 Å². The molecule has 0 radical (unpaired) electrons. The number of nitrogens with one attached hydrogen (secondary N) is 1. The summed E-state index contributed by atoms with van der Waals surface area (Å²) in [5.74, 6) is 0. The number of hydrogen-bond acceptors (Lipinski definition) is 4. The average molecular weight is 315 g/mol. The molecule has 1 rings (SSSR count). The Labute approximate surface area is 126 Å². The average Bonchev–Trinajstić information content (AvgIpc) is 2.36. The number of sulfonamides is 1. The molecule has 3 N–H and O–H groups in total. The van der Waals surface area contributed by atoms with Crippen LogP contribution in [0.25, 0.3) is 0 Å². The van der Waals surface area contributed by atoms with Gasteiger partial charge in [0.25, 0.3) is 0 Å². The fourth-order valence-corrected chi connectivity index (χ4v) is 3.49. The summed E-state index contributed by atoms with van der Waals surface area (Å²) in [6.07, 6.45) is 0.724. The molecule has 5 nitrogen and oxygen atoms in total. The number of hydrogen-bond donors (Lipinski definition) is 2. The minimum Gasteiger partial charge on any atom is -0.389 e. The fraction of sp³-hybridized carbons (Fsp3) is 0.462. The van der Waals surface area contributed by atoms with Crippen molar-refractivity contribution < 1.29 is 8.42 Å². The highest BCUT2D eigenvalue weighted by molar-refractivity contribution is 7.89. The van der Waals surface area contributed by atoms with Crippen LogP contribution in [0.5, 0.6) is 0 Å². The van der Waals surface area contributed by atoms with Crippen LogP contribution in [-0.2, 0) is 10.0 Å². The lowest BCUT2D eigenvalue weighted by molar-refractivity contribution is 0.379. The highest BCUT2D eigenvalue weighted by Crippen LogP contribution is 2.16. The maximum absolute atomic E-state index is 12.4. The lowest BCUT2D eigenvalue weighted by atomic mass is 10.2.